The lowest BCUT2D eigenvalue weighted by Gasteiger charge is -2.21. The molecule has 3 rings (SSSR count). The number of ketones is 2. The first kappa shape index (κ1) is 16.6. The first-order valence-corrected chi connectivity index (χ1v) is 11.3. The number of carbonyl (C=O) groups excluding carboxylic acids is 2. The highest BCUT2D eigenvalue weighted by atomic mass is 28.4. The van der Waals surface area contributed by atoms with Crippen LogP contribution in [0, 0.1) is 0 Å². The lowest BCUT2D eigenvalue weighted by atomic mass is 9.83. The van der Waals surface area contributed by atoms with E-state index in [0.29, 0.717) is 34.5 Å². The molecule has 1 aliphatic rings. The van der Waals surface area contributed by atoms with Gasteiger partial charge in [-0.15, -0.1) is 0 Å². The van der Waals surface area contributed by atoms with Crippen molar-refractivity contribution in [2.75, 3.05) is 11.9 Å². The highest BCUT2D eigenvalue weighted by molar-refractivity contribution is 6.69. The summed E-state index contributed by atoms with van der Waals surface area (Å²) in [6.07, 6.45) is 0.831. The Kier molecular flexibility index (Phi) is 4.39. The van der Waals surface area contributed by atoms with Gasteiger partial charge < -0.3 is 10.1 Å². The summed E-state index contributed by atoms with van der Waals surface area (Å²) in [4.78, 5) is 35.4. The lowest BCUT2D eigenvalue weighted by molar-refractivity contribution is 0.0979. The number of hydrogen-bond acceptors (Lipinski definition) is 4. The van der Waals surface area contributed by atoms with Crippen LogP contribution in [-0.2, 0) is 0 Å². The van der Waals surface area contributed by atoms with Crippen LogP contribution in [-0.4, -0.2) is 31.2 Å². The van der Waals surface area contributed by atoms with Gasteiger partial charge in [-0.1, -0.05) is 36.4 Å². The molecule has 2 N–H and O–H groups in total. The summed E-state index contributed by atoms with van der Waals surface area (Å²) in [5.41, 5.74) is 2.55. The quantitative estimate of drug-likeness (QED) is 0.552. The fourth-order valence-electron chi connectivity index (χ4n) is 3.04. The minimum Gasteiger partial charge on any atom is -0.432 e. The Morgan fingerprint density at radius 2 is 1.54 bits per heavy atom. The molecular weight excluding hydrogens is 318 g/mol. The van der Waals surface area contributed by atoms with E-state index >= 15 is 0 Å². The normalized spacial score (nSPS) is 13.5. The number of hydrogen-bond donors (Lipinski definition) is 2. The number of fused-ring (bicyclic) bond motifs is 2. The fourth-order valence-corrected chi connectivity index (χ4v) is 4.08. The van der Waals surface area contributed by atoms with E-state index in [0.717, 1.165) is 12.5 Å². The van der Waals surface area contributed by atoms with E-state index in [-0.39, 0.29) is 11.6 Å². The summed E-state index contributed by atoms with van der Waals surface area (Å²) in [6.45, 7) is 4.49. The van der Waals surface area contributed by atoms with Crippen molar-refractivity contribution >= 4 is 25.6 Å². The van der Waals surface area contributed by atoms with E-state index in [1.165, 1.54) is 0 Å². The maximum Gasteiger partial charge on any atom is 0.196 e. The number of carbonyl (C=O) groups is 2. The van der Waals surface area contributed by atoms with E-state index in [2.05, 4.69) is 5.32 Å². The van der Waals surface area contributed by atoms with Crippen molar-refractivity contribution in [2.45, 2.75) is 25.6 Å². The largest absolute Gasteiger partial charge is 0.432 e. The van der Waals surface area contributed by atoms with Crippen molar-refractivity contribution < 1.29 is 14.4 Å². The highest BCUT2D eigenvalue weighted by Gasteiger charge is 2.31. The summed E-state index contributed by atoms with van der Waals surface area (Å²) < 4.78 is 0. The molecule has 0 spiro atoms. The molecule has 5 heteroatoms. The standard InChI is InChI=1S/C19H21NO3Si/c1-24(2,23)12-6-11-20-16-10-5-9-15-17(16)19(22)14-8-4-3-7-13(14)18(15)21/h3-5,7-10,20,23H,6,11-12H2,1-2H3. The molecule has 1 aliphatic carbocycles. The van der Waals surface area contributed by atoms with Crippen molar-refractivity contribution in [3.8, 4) is 0 Å². The van der Waals surface area contributed by atoms with Gasteiger partial charge >= 0.3 is 0 Å². The van der Waals surface area contributed by atoms with E-state index in [1.54, 1.807) is 36.4 Å². The van der Waals surface area contributed by atoms with Gasteiger partial charge in [0.05, 0.1) is 5.56 Å². The van der Waals surface area contributed by atoms with Crippen LogP contribution in [0.5, 0.6) is 0 Å². The van der Waals surface area contributed by atoms with Gasteiger partial charge in [0.25, 0.3) is 0 Å². The molecular formula is C19H21NO3Si. The molecule has 0 amide bonds. The van der Waals surface area contributed by atoms with Crippen LogP contribution in [0.15, 0.2) is 42.5 Å². The minimum absolute atomic E-state index is 0.104. The maximum absolute atomic E-state index is 12.8. The summed E-state index contributed by atoms with van der Waals surface area (Å²) in [5.74, 6) is -0.215. The molecule has 0 saturated carbocycles. The Balaban J connectivity index is 1.87. The topological polar surface area (TPSA) is 66.4 Å². The third-order valence-corrected chi connectivity index (χ3v) is 5.81. The van der Waals surface area contributed by atoms with Gasteiger partial charge in [-0.3, -0.25) is 9.59 Å². The van der Waals surface area contributed by atoms with Gasteiger partial charge in [0.15, 0.2) is 19.9 Å². The van der Waals surface area contributed by atoms with Gasteiger partial charge in [0, 0.05) is 28.9 Å². The Morgan fingerprint density at radius 1 is 0.917 bits per heavy atom. The molecule has 0 fully saturated rings. The zero-order valence-corrected chi connectivity index (χ0v) is 14.9. The van der Waals surface area contributed by atoms with Crippen LogP contribution in [0.3, 0.4) is 0 Å². The predicted octanol–water partition coefficient (Wildman–Crippen LogP) is 3.46. The lowest BCUT2D eigenvalue weighted by Crippen LogP contribution is -2.26. The van der Waals surface area contributed by atoms with Gasteiger partial charge in [0.2, 0.25) is 0 Å². The molecule has 0 saturated heterocycles. The van der Waals surface area contributed by atoms with Gasteiger partial charge in [-0.25, -0.2) is 0 Å². The monoisotopic (exact) mass is 339 g/mol. The molecule has 0 aromatic heterocycles. The summed E-state index contributed by atoms with van der Waals surface area (Å²) >= 11 is 0. The predicted molar refractivity (Wildman–Crippen MR) is 97.4 cm³/mol. The van der Waals surface area contributed by atoms with Crippen molar-refractivity contribution in [2.24, 2.45) is 0 Å². The Morgan fingerprint density at radius 3 is 2.21 bits per heavy atom. The number of nitrogens with one attached hydrogen (secondary N) is 1. The average Bonchev–Trinajstić information content (AvgIpc) is 2.55. The zero-order valence-electron chi connectivity index (χ0n) is 13.9. The second-order valence-electron chi connectivity index (χ2n) is 6.77. The zero-order chi connectivity index (χ0) is 17.3. The van der Waals surface area contributed by atoms with Crippen LogP contribution in [0.25, 0.3) is 0 Å². The summed E-state index contributed by atoms with van der Waals surface area (Å²) in [7, 11) is -2.06. The van der Waals surface area contributed by atoms with Crippen molar-refractivity contribution in [1.82, 2.24) is 0 Å². The van der Waals surface area contributed by atoms with E-state index in [1.807, 2.05) is 19.2 Å². The molecule has 124 valence electrons. The summed E-state index contributed by atoms with van der Waals surface area (Å²) in [5, 5.41) is 3.27. The summed E-state index contributed by atoms with van der Waals surface area (Å²) in [6, 6.07) is 13.1. The molecule has 2 aromatic carbocycles. The molecule has 0 radical (unpaired) electrons. The average molecular weight is 339 g/mol. The molecule has 2 aromatic rings. The molecule has 0 heterocycles. The molecule has 0 aliphatic heterocycles. The number of benzene rings is 2. The van der Waals surface area contributed by atoms with Gasteiger partial charge in [-0.05, 0) is 31.6 Å². The number of rotatable bonds is 5. The second-order valence-corrected chi connectivity index (χ2v) is 10.9. The fraction of sp³-hybridized carbons (Fsp3) is 0.263. The van der Waals surface area contributed by atoms with Crippen LogP contribution in [0.2, 0.25) is 19.1 Å². The Bertz CT molecular complexity index is 808. The van der Waals surface area contributed by atoms with Gasteiger partial charge in [-0.2, -0.15) is 0 Å². The van der Waals surface area contributed by atoms with Crippen LogP contribution >= 0.6 is 0 Å². The smallest absolute Gasteiger partial charge is 0.196 e. The maximum atomic E-state index is 12.8. The van der Waals surface area contributed by atoms with Crippen molar-refractivity contribution in [3.05, 3.63) is 64.7 Å². The van der Waals surface area contributed by atoms with E-state index < -0.39 is 8.32 Å². The first-order valence-electron chi connectivity index (χ1n) is 8.16. The molecule has 0 unspecified atom stereocenters. The molecule has 4 nitrogen and oxygen atoms in total. The van der Waals surface area contributed by atoms with Crippen LogP contribution in [0.1, 0.15) is 38.3 Å². The van der Waals surface area contributed by atoms with Gasteiger partial charge in [0.1, 0.15) is 0 Å². The van der Waals surface area contributed by atoms with Crippen LogP contribution < -0.4 is 5.32 Å². The number of anilines is 1. The van der Waals surface area contributed by atoms with Crippen molar-refractivity contribution in [3.63, 3.8) is 0 Å². The molecule has 0 bridgehead atoms. The van der Waals surface area contributed by atoms with E-state index in [4.69, 9.17) is 0 Å². The molecule has 24 heavy (non-hydrogen) atoms. The molecule has 0 atom stereocenters. The van der Waals surface area contributed by atoms with Crippen molar-refractivity contribution in [1.29, 1.82) is 0 Å². The highest BCUT2D eigenvalue weighted by Crippen LogP contribution is 2.31. The van der Waals surface area contributed by atoms with E-state index in [9.17, 15) is 14.4 Å². The first-order chi connectivity index (χ1) is 11.4. The minimum atomic E-state index is -2.06. The third kappa shape index (κ3) is 3.18. The Hall–Kier alpha value is -2.24. The SMILES string of the molecule is C[Si](C)(O)CCCNc1cccc2c1C(=O)c1ccccc1C2=O. The Labute approximate surface area is 142 Å². The third-order valence-electron chi connectivity index (χ3n) is 4.23. The second kappa shape index (κ2) is 6.34. The van der Waals surface area contributed by atoms with Crippen LogP contribution in [0.4, 0.5) is 5.69 Å².